The van der Waals surface area contributed by atoms with Gasteiger partial charge in [-0.1, -0.05) is 13.0 Å². The second kappa shape index (κ2) is 7.17. The Bertz CT molecular complexity index is 334. The largest absolute Gasteiger partial charge is 0.471 e. The minimum absolute atomic E-state index is 0.0383. The van der Waals surface area contributed by atoms with Gasteiger partial charge in [-0.3, -0.25) is 0 Å². The molecule has 5 heteroatoms. The standard InChI is InChI=1S/C12H18F2N2O/c1-3-6-15-9(2)10-5-4-7-16-12(10)17-8-11(13)14/h4-5,7,9,11,15H,3,6,8H2,1-2H3. The molecule has 0 spiro atoms. The van der Waals surface area contributed by atoms with E-state index in [1.807, 2.05) is 13.0 Å². The molecule has 1 rings (SSSR count). The number of hydrogen-bond acceptors (Lipinski definition) is 3. The van der Waals surface area contributed by atoms with Gasteiger partial charge in [-0.2, -0.15) is 0 Å². The van der Waals surface area contributed by atoms with Crippen molar-refractivity contribution in [2.75, 3.05) is 13.2 Å². The van der Waals surface area contributed by atoms with E-state index in [1.165, 1.54) is 6.20 Å². The molecular weight excluding hydrogens is 226 g/mol. The van der Waals surface area contributed by atoms with Gasteiger partial charge in [0.2, 0.25) is 5.88 Å². The fraction of sp³-hybridized carbons (Fsp3) is 0.583. The fourth-order valence-corrected chi connectivity index (χ4v) is 1.47. The number of halogens is 2. The summed E-state index contributed by atoms with van der Waals surface area (Å²) < 4.78 is 29.2. The molecule has 0 aliphatic rings. The van der Waals surface area contributed by atoms with E-state index in [9.17, 15) is 8.78 Å². The second-order valence-corrected chi connectivity index (χ2v) is 3.78. The summed E-state index contributed by atoms with van der Waals surface area (Å²) in [4.78, 5) is 3.98. The molecule has 0 aliphatic carbocycles. The lowest BCUT2D eigenvalue weighted by Gasteiger charge is -2.16. The predicted octanol–water partition coefficient (Wildman–Crippen LogP) is 2.79. The van der Waals surface area contributed by atoms with E-state index >= 15 is 0 Å². The molecule has 0 amide bonds. The van der Waals surface area contributed by atoms with Crippen molar-refractivity contribution >= 4 is 0 Å². The van der Waals surface area contributed by atoms with E-state index in [2.05, 4.69) is 17.2 Å². The number of pyridine rings is 1. The van der Waals surface area contributed by atoms with Gasteiger partial charge in [0, 0.05) is 17.8 Å². The van der Waals surface area contributed by atoms with E-state index < -0.39 is 13.0 Å². The summed E-state index contributed by atoms with van der Waals surface area (Å²) in [5, 5.41) is 3.27. The van der Waals surface area contributed by atoms with Crippen molar-refractivity contribution < 1.29 is 13.5 Å². The molecule has 1 unspecified atom stereocenters. The van der Waals surface area contributed by atoms with Crippen LogP contribution in [0.3, 0.4) is 0 Å². The Kier molecular flexibility index (Phi) is 5.83. The minimum Gasteiger partial charge on any atom is -0.471 e. The summed E-state index contributed by atoms with van der Waals surface area (Å²) in [6, 6.07) is 3.65. The quantitative estimate of drug-likeness (QED) is 0.800. The zero-order valence-electron chi connectivity index (χ0n) is 10.1. The zero-order chi connectivity index (χ0) is 12.7. The van der Waals surface area contributed by atoms with E-state index in [4.69, 9.17) is 4.74 Å². The third-order valence-electron chi connectivity index (χ3n) is 2.31. The summed E-state index contributed by atoms with van der Waals surface area (Å²) in [5.74, 6) is 0.281. The maximum Gasteiger partial charge on any atom is 0.272 e. The number of aromatic nitrogens is 1. The summed E-state index contributed by atoms with van der Waals surface area (Å²) in [7, 11) is 0. The molecule has 1 aromatic heterocycles. The highest BCUT2D eigenvalue weighted by Crippen LogP contribution is 2.22. The highest BCUT2D eigenvalue weighted by Gasteiger charge is 2.13. The molecule has 0 saturated heterocycles. The van der Waals surface area contributed by atoms with Crippen LogP contribution in [-0.2, 0) is 0 Å². The summed E-state index contributed by atoms with van der Waals surface area (Å²) in [6.45, 7) is 4.27. The number of ether oxygens (including phenoxy) is 1. The lowest BCUT2D eigenvalue weighted by molar-refractivity contribution is 0.0787. The van der Waals surface area contributed by atoms with E-state index in [0.29, 0.717) is 0 Å². The third-order valence-corrected chi connectivity index (χ3v) is 2.31. The van der Waals surface area contributed by atoms with Crippen molar-refractivity contribution in [3.8, 4) is 5.88 Å². The molecule has 1 N–H and O–H groups in total. The highest BCUT2D eigenvalue weighted by molar-refractivity contribution is 5.28. The lowest BCUT2D eigenvalue weighted by Crippen LogP contribution is -2.21. The Morgan fingerprint density at radius 2 is 2.24 bits per heavy atom. The Labute approximate surface area is 100 Å². The number of rotatable bonds is 7. The molecular formula is C12H18F2N2O. The number of hydrogen-bond donors (Lipinski definition) is 1. The summed E-state index contributed by atoms with van der Waals surface area (Å²) in [6.07, 6.45) is 0.0676. The average molecular weight is 244 g/mol. The Balaban J connectivity index is 2.69. The van der Waals surface area contributed by atoms with Gasteiger partial charge in [-0.05, 0) is 26.0 Å². The molecule has 17 heavy (non-hydrogen) atoms. The molecule has 0 aliphatic heterocycles. The molecule has 0 saturated carbocycles. The molecule has 96 valence electrons. The monoisotopic (exact) mass is 244 g/mol. The van der Waals surface area contributed by atoms with Gasteiger partial charge in [0.25, 0.3) is 6.43 Å². The first-order chi connectivity index (χ1) is 8.15. The molecule has 0 bridgehead atoms. The first-order valence-electron chi connectivity index (χ1n) is 5.74. The number of nitrogens with zero attached hydrogens (tertiary/aromatic N) is 1. The SMILES string of the molecule is CCCNC(C)c1cccnc1OCC(F)F. The number of alkyl halides is 2. The third kappa shape index (κ3) is 4.65. The van der Waals surface area contributed by atoms with Crippen molar-refractivity contribution in [3.05, 3.63) is 23.9 Å². The van der Waals surface area contributed by atoms with Crippen molar-refractivity contribution in [2.24, 2.45) is 0 Å². The van der Waals surface area contributed by atoms with Crippen molar-refractivity contribution in [1.82, 2.24) is 10.3 Å². The van der Waals surface area contributed by atoms with Crippen molar-refractivity contribution in [2.45, 2.75) is 32.7 Å². The maximum absolute atomic E-state index is 12.1. The summed E-state index contributed by atoms with van der Waals surface area (Å²) in [5.41, 5.74) is 0.807. The van der Waals surface area contributed by atoms with Crippen LogP contribution in [0.5, 0.6) is 5.88 Å². The smallest absolute Gasteiger partial charge is 0.272 e. The second-order valence-electron chi connectivity index (χ2n) is 3.78. The van der Waals surface area contributed by atoms with E-state index in [1.54, 1.807) is 6.07 Å². The molecule has 1 aromatic rings. The average Bonchev–Trinajstić information content (AvgIpc) is 2.33. The van der Waals surface area contributed by atoms with E-state index in [-0.39, 0.29) is 11.9 Å². The first-order valence-corrected chi connectivity index (χ1v) is 5.74. The molecule has 0 fully saturated rings. The summed E-state index contributed by atoms with van der Waals surface area (Å²) >= 11 is 0. The van der Waals surface area contributed by atoms with Crippen LogP contribution in [0.15, 0.2) is 18.3 Å². The van der Waals surface area contributed by atoms with Crippen LogP contribution in [-0.4, -0.2) is 24.6 Å². The molecule has 0 radical (unpaired) electrons. The van der Waals surface area contributed by atoms with Crippen LogP contribution in [0.2, 0.25) is 0 Å². The Morgan fingerprint density at radius 3 is 2.88 bits per heavy atom. The van der Waals surface area contributed by atoms with Gasteiger partial charge >= 0.3 is 0 Å². The van der Waals surface area contributed by atoms with Crippen LogP contribution < -0.4 is 10.1 Å². The fourth-order valence-electron chi connectivity index (χ4n) is 1.47. The minimum atomic E-state index is -2.48. The number of nitrogens with one attached hydrogen (secondary N) is 1. The van der Waals surface area contributed by atoms with Gasteiger partial charge in [0.1, 0.15) is 0 Å². The van der Waals surface area contributed by atoms with E-state index in [0.717, 1.165) is 18.5 Å². The molecule has 0 aromatic carbocycles. The molecule has 1 heterocycles. The van der Waals surface area contributed by atoms with Crippen LogP contribution in [0.1, 0.15) is 31.9 Å². The van der Waals surface area contributed by atoms with Crippen molar-refractivity contribution in [1.29, 1.82) is 0 Å². The van der Waals surface area contributed by atoms with Crippen LogP contribution in [0, 0.1) is 0 Å². The molecule has 1 atom stereocenters. The normalized spacial score (nSPS) is 12.8. The van der Waals surface area contributed by atoms with Crippen molar-refractivity contribution in [3.63, 3.8) is 0 Å². The highest BCUT2D eigenvalue weighted by atomic mass is 19.3. The van der Waals surface area contributed by atoms with Gasteiger partial charge in [-0.15, -0.1) is 0 Å². The van der Waals surface area contributed by atoms with Crippen LogP contribution >= 0.6 is 0 Å². The van der Waals surface area contributed by atoms with Gasteiger partial charge in [0.15, 0.2) is 6.61 Å². The Morgan fingerprint density at radius 1 is 1.47 bits per heavy atom. The topological polar surface area (TPSA) is 34.2 Å². The lowest BCUT2D eigenvalue weighted by atomic mass is 10.1. The molecule has 3 nitrogen and oxygen atoms in total. The van der Waals surface area contributed by atoms with Gasteiger partial charge in [0.05, 0.1) is 0 Å². The van der Waals surface area contributed by atoms with Crippen LogP contribution in [0.4, 0.5) is 8.78 Å². The Hall–Kier alpha value is -1.23. The zero-order valence-corrected chi connectivity index (χ0v) is 10.1. The predicted molar refractivity (Wildman–Crippen MR) is 62.4 cm³/mol. The van der Waals surface area contributed by atoms with Crippen LogP contribution in [0.25, 0.3) is 0 Å². The maximum atomic E-state index is 12.1. The first kappa shape index (κ1) is 13.8. The van der Waals surface area contributed by atoms with Gasteiger partial charge < -0.3 is 10.1 Å². The van der Waals surface area contributed by atoms with Gasteiger partial charge in [-0.25, -0.2) is 13.8 Å².